The molecule has 1 N–H and O–H groups in total. The Kier molecular flexibility index (Phi) is 4.34. The Hall–Kier alpha value is -3.24. The fourth-order valence-corrected chi connectivity index (χ4v) is 3.62. The van der Waals surface area contributed by atoms with Gasteiger partial charge >= 0.3 is 0 Å². The minimum absolute atomic E-state index is 0.0641. The summed E-state index contributed by atoms with van der Waals surface area (Å²) in [6.45, 7) is 0.722. The van der Waals surface area contributed by atoms with E-state index < -0.39 is 0 Å². The van der Waals surface area contributed by atoms with Crippen LogP contribution in [0.3, 0.4) is 0 Å². The van der Waals surface area contributed by atoms with Crippen molar-refractivity contribution in [3.05, 3.63) is 101 Å². The molecule has 0 spiro atoms. The Morgan fingerprint density at radius 3 is 1.59 bits per heavy atom. The minimum atomic E-state index is -0.295. The van der Waals surface area contributed by atoms with E-state index in [0.717, 1.165) is 17.8 Å². The van der Waals surface area contributed by atoms with Gasteiger partial charge in [0.15, 0.2) is 11.6 Å². The van der Waals surface area contributed by atoms with E-state index in [1.807, 2.05) is 31.3 Å². The lowest BCUT2D eigenvalue weighted by Gasteiger charge is -2.16. The number of ketones is 2. The largest absolute Gasteiger partial charge is 0.386 e. The third-order valence-corrected chi connectivity index (χ3v) is 4.99. The van der Waals surface area contributed by atoms with Gasteiger partial charge in [-0.15, -0.1) is 0 Å². The van der Waals surface area contributed by atoms with Gasteiger partial charge < -0.3 is 10.0 Å². The number of rotatable bonds is 0. The van der Waals surface area contributed by atoms with Crippen molar-refractivity contribution in [1.82, 2.24) is 0 Å². The van der Waals surface area contributed by atoms with Gasteiger partial charge in [-0.3, -0.25) is 9.59 Å². The van der Waals surface area contributed by atoms with E-state index in [9.17, 15) is 14.7 Å². The first-order valence-electron chi connectivity index (χ1n) is 8.83. The highest BCUT2D eigenvalue weighted by Gasteiger charge is 2.28. The summed E-state index contributed by atoms with van der Waals surface area (Å²) in [5.41, 5.74) is 4.23. The average Bonchev–Trinajstić information content (AvgIpc) is 3.01. The van der Waals surface area contributed by atoms with E-state index in [4.69, 9.17) is 0 Å². The molecule has 1 heterocycles. The second-order valence-corrected chi connectivity index (χ2v) is 6.70. The number of carbonyl (C=O) groups excluding carboxylic acids is 2. The molecule has 0 fully saturated rings. The van der Waals surface area contributed by atoms with Crippen molar-refractivity contribution >= 4 is 17.3 Å². The first-order valence-corrected chi connectivity index (χ1v) is 8.83. The molecule has 4 heteroatoms. The van der Waals surface area contributed by atoms with Crippen LogP contribution in [0.4, 0.5) is 5.69 Å². The highest BCUT2D eigenvalue weighted by atomic mass is 16.3. The summed E-state index contributed by atoms with van der Waals surface area (Å²) >= 11 is 0. The molecule has 4 nitrogen and oxygen atoms in total. The second-order valence-electron chi connectivity index (χ2n) is 6.70. The molecule has 3 aromatic carbocycles. The van der Waals surface area contributed by atoms with Gasteiger partial charge in [0, 0.05) is 47.1 Å². The SMILES string of the molecule is CN1CC(O)c2ccccc21.O=C1c2ccccc2C(=O)c2ccccc21. The van der Waals surface area contributed by atoms with Crippen molar-refractivity contribution in [1.29, 1.82) is 0 Å². The lowest BCUT2D eigenvalue weighted by Crippen LogP contribution is -2.20. The Balaban J connectivity index is 0.000000143. The zero-order valence-electron chi connectivity index (χ0n) is 14.9. The first-order chi connectivity index (χ1) is 13.1. The van der Waals surface area contributed by atoms with Gasteiger partial charge in [0.05, 0.1) is 6.10 Å². The Morgan fingerprint density at radius 1 is 0.741 bits per heavy atom. The fraction of sp³-hybridized carbons (Fsp3) is 0.130. The van der Waals surface area contributed by atoms with E-state index >= 15 is 0 Å². The summed E-state index contributed by atoms with van der Waals surface area (Å²) < 4.78 is 0. The Morgan fingerprint density at radius 2 is 1.15 bits per heavy atom. The van der Waals surface area contributed by atoms with Crippen LogP contribution in [-0.2, 0) is 0 Å². The number of hydrogen-bond donors (Lipinski definition) is 1. The Labute approximate surface area is 157 Å². The monoisotopic (exact) mass is 357 g/mol. The van der Waals surface area contributed by atoms with Crippen LogP contribution in [0, 0.1) is 0 Å². The molecular weight excluding hydrogens is 338 g/mol. The number of anilines is 1. The summed E-state index contributed by atoms with van der Waals surface area (Å²) in [4.78, 5) is 26.3. The molecule has 1 atom stereocenters. The summed E-state index contributed by atoms with van der Waals surface area (Å²) in [6, 6.07) is 21.9. The van der Waals surface area contributed by atoms with Gasteiger partial charge in [-0.2, -0.15) is 0 Å². The van der Waals surface area contributed by atoms with Crippen LogP contribution in [0.5, 0.6) is 0 Å². The van der Waals surface area contributed by atoms with Crippen LogP contribution >= 0.6 is 0 Å². The molecule has 27 heavy (non-hydrogen) atoms. The maximum Gasteiger partial charge on any atom is 0.194 e. The summed E-state index contributed by atoms with van der Waals surface area (Å²) in [6.07, 6.45) is -0.295. The number of β-amino-alcohol motifs (C(OH)–C–C–N with tert-alkyl or cyclic N) is 1. The maximum absolute atomic E-state index is 12.1. The molecule has 0 saturated heterocycles. The topological polar surface area (TPSA) is 57.6 Å². The highest BCUT2D eigenvalue weighted by molar-refractivity contribution is 6.28. The number of aliphatic hydroxyl groups excluding tert-OH is 1. The predicted molar refractivity (Wildman–Crippen MR) is 104 cm³/mol. The summed E-state index contributed by atoms with van der Waals surface area (Å²) in [7, 11) is 2.00. The standard InChI is InChI=1S/C14H8O2.C9H11NO/c15-13-9-5-1-2-6-10(9)14(16)12-8-4-3-7-11(12)13;1-10-6-9(11)7-4-2-3-5-8(7)10/h1-8H;2-5,9,11H,6H2,1H3. The van der Waals surface area contributed by atoms with Crippen LogP contribution in [0.2, 0.25) is 0 Å². The number of fused-ring (bicyclic) bond motifs is 3. The zero-order chi connectivity index (χ0) is 19.0. The molecule has 1 unspecified atom stereocenters. The maximum atomic E-state index is 12.1. The van der Waals surface area contributed by atoms with Crippen LogP contribution in [-0.4, -0.2) is 30.3 Å². The van der Waals surface area contributed by atoms with E-state index in [-0.39, 0.29) is 17.7 Å². The average molecular weight is 357 g/mol. The molecule has 134 valence electrons. The molecule has 1 aliphatic heterocycles. The quantitative estimate of drug-likeness (QED) is 0.522. The van der Waals surface area contributed by atoms with Crippen LogP contribution in [0.25, 0.3) is 0 Å². The van der Waals surface area contributed by atoms with Crippen molar-refractivity contribution in [2.24, 2.45) is 0 Å². The smallest absolute Gasteiger partial charge is 0.194 e. The van der Waals surface area contributed by atoms with Crippen molar-refractivity contribution in [3.8, 4) is 0 Å². The fourth-order valence-electron chi connectivity index (χ4n) is 3.62. The number of likely N-dealkylation sites (N-methyl/N-ethyl adjacent to an activating group) is 1. The molecular formula is C23H19NO3. The second kappa shape index (κ2) is 6.82. The number of hydrogen-bond acceptors (Lipinski definition) is 4. The normalized spacial score (nSPS) is 16.8. The summed E-state index contributed by atoms with van der Waals surface area (Å²) in [5, 5.41) is 9.51. The van der Waals surface area contributed by atoms with Crippen LogP contribution in [0.1, 0.15) is 43.5 Å². The molecule has 0 amide bonds. The van der Waals surface area contributed by atoms with Crippen LogP contribution < -0.4 is 4.90 Å². The molecule has 0 saturated carbocycles. The van der Waals surface area contributed by atoms with Crippen molar-refractivity contribution in [2.45, 2.75) is 6.10 Å². The number of benzene rings is 3. The Bertz CT molecular complexity index is 909. The van der Waals surface area contributed by atoms with Gasteiger partial charge in [0.25, 0.3) is 0 Å². The lowest BCUT2D eigenvalue weighted by molar-refractivity contribution is 0.0979. The number of para-hydroxylation sites is 1. The van der Waals surface area contributed by atoms with Gasteiger partial charge in [-0.05, 0) is 6.07 Å². The summed E-state index contributed by atoms with van der Waals surface area (Å²) in [5.74, 6) is -0.128. The number of nitrogens with zero attached hydrogens (tertiary/aromatic N) is 1. The number of aliphatic hydroxyl groups is 1. The van der Waals surface area contributed by atoms with Crippen molar-refractivity contribution in [2.75, 3.05) is 18.5 Å². The van der Waals surface area contributed by atoms with Gasteiger partial charge in [-0.25, -0.2) is 0 Å². The molecule has 0 aromatic heterocycles. The highest BCUT2D eigenvalue weighted by Crippen LogP contribution is 2.32. The van der Waals surface area contributed by atoms with E-state index in [2.05, 4.69) is 4.90 Å². The molecule has 2 aliphatic rings. The van der Waals surface area contributed by atoms with Crippen molar-refractivity contribution < 1.29 is 14.7 Å². The van der Waals surface area contributed by atoms with E-state index in [0.29, 0.717) is 22.3 Å². The number of carbonyl (C=O) groups is 2. The zero-order valence-corrected chi connectivity index (χ0v) is 14.9. The third kappa shape index (κ3) is 2.94. The van der Waals surface area contributed by atoms with E-state index in [1.165, 1.54) is 0 Å². The van der Waals surface area contributed by atoms with Gasteiger partial charge in [-0.1, -0.05) is 66.7 Å². The minimum Gasteiger partial charge on any atom is -0.386 e. The molecule has 5 rings (SSSR count). The van der Waals surface area contributed by atoms with Gasteiger partial charge in [0.2, 0.25) is 0 Å². The van der Waals surface area contributed by atoms with Gasteiger partial charge in [0.1, 0.15) is 0 Å². The lowest BCUT2D eigenvalue weighted by atomic mass is 9.84. The first kappa shape index (κ1) is 17.2. The molecule has 1 aliphatic carbocycles. The van der Waals surface area contributed by atoms with E-state index in [1.54, 1.807) is 48.5 Å². The van der Waals surface area contributed by atoms with Crippen LogP contribution in [0.15, 0.2) is 72.8 Å². The molecule has 0 bridgehead atoms. The molecule has 3 aromatic rings. The predicted octanol–water partition coefficient (Wildman–Crippen LogP) is 3.63. The van der Waals surface area contributed by atoms with Crippen molar-refractivity contribution in [3.63, 3.8) is 0 Å². The molecule has 0 radical (unpaired) electrons. The third-order valence-electron chi connectivity index (χ3n) is 4.99.